The van der Waals surface area contributed by atoms with Crippen LogP contribution in [0.1, 0.15) is 0 Å². The summed E-state index contributed by atoms with van der Waals surface area (Å²) in [5.41, 5.74) is 8.61. The van der Waals surface area contributed by atoms with Crippen LogP contribution < -0.4 is 11.1 Å². The fraction of sp³-hybridized carbons (Fsp3) is 0.214. The Balaban J connectivity index is 2.09. The van der Waals surface area contributed by atoms with E-state index in [4.69, 9.17) is 12.2 Å². The van der Waals surface area contributed by atoms with E-state index in [0.717, 1.165) is 40.3 Å². The number of rotatable bonds is 5. The van der Waals surface area contributed by atoms with Crippen LogP contribution in [0.2, 0.25) is 0 Å². The fourth-order valence-electron chi connectivity index (χ4n) is 1.73. The molecule has 1 aromatic carbocycles. The average molecular weight is 257 g/mol. The molecule has 4 heteroatoms. The van der Waals surface area contributed by atoms with Gasteiger partial charge in [-0.05, 0) is 24.3 Å². The molecule has 0 radical (unpaired) electrons. The van der Waals surface area contributed by atoms with Crippen LogP contribution in [0, 0.1) is 12.3 Å². The van der Waals surface area contributed by atoms with Gasteiger partial charge in [0.1, 0.15) is 0 Å². The molecule has 0 aliphatic rings. The zero-order chi connectivity index (χ0) is 12.8. The molecule has 2 aromatic rings. The Morgan fingerprint density at radius 2 is 2.28 bits per heavy atom. The number of terminal acetylenes is 1. The number of nitrogens with two attached hydrogens (primary N) is 1. The maximum Gasteiger partial charge on any atom is 0.0953 e. The minimum Gasteiger partial charge on any atom is -0.398 e. The Labute approximate surface area is 111 Å². The normalized spacial score (nSPS) is 10.2. The molecule has 0 atom stereocenters. The lowest BCUT2D eigenvalue weighted by Crippen LogP contribution is -2.05. The van der Waals surface area contributed by atoms with Gasteiger partial charge in [0.15, 0.2) is 0 Å². The summed E-state index contributed by atoms with van der Waals surface area (Å²) in [7, 11) is 0. The number of hydrogen-bond donors (Lipinski definition) is 2. The molecule has 1 aromatic heterocycles. The predicted octanol–water partition coefficient (Wildman–Crippen LogP) is 2.60. The van der Waals surface area contributed by atoms with Gasteiger partial charge >= 0.3 is 0 Å². The summed E-state index contributed by atoms with van der Waals surface area (Å²) in [4.78, 5) is 4.38. The predicted molar refractivity (Wildman–Crippen MR) is 80.8 cm³/mol. The molecule has 3 N–H and O–H groups in total. The summed E-state index contributed by atoms with van der Waals surface area (Å²) in [6.07, 6.45) is 6.98. The molecule has 0 unspecified atom stereocenters. The number of anilines is 2. The van der Waals surface area contributed by atoms with Gasteiger partial charge < -0.3 is 11.1 Å². The first-order valence-electron chi connectivity index (χ1n) is 5.71. The number of nitrogen functional groups attached to an aromatic ring is 1. The van der Waals surface area contributed by atoms with Crippen molar-refractivity contribution in [2.45, 2.75) is 0 Å². The van der Waals surface area contributed by atoms with Gasteiger partial charge in [0, 0.05) is 29.6 Å². The molecule has 0 amide bonds. The van der Waals surface area contributed by atoms with Crippen molar-refractivity contribution in [1.29, 1.82) is 0 Å². The molecule has 0 saturated heterocycles. The minimum atomic E-state index is 0.752. The number of nitrogens with zero attached hydrogens (tertiary/aromatic N) is 1. The van der Waals surface area contributed by atoms with Crippen LogP contribution in [0.5, 0.6) is 0 Å². The van der Waals surface area contributed by atoms with Crippen molar-refractivity contribution in [3.8, 4) is 12.3 Å². The van der Waals surface area contributed by atoms with Gasteiger partial charge in [0.25, 0.3) is 0 Å². The molecule has 0 saturated carbocycles. The molecule has 2 rings (SSSR count). The van der Waals surface area contributed by atoms with E-state index in [0.29, 0.717) is 0 Å². The molecule has 0 fully saturated rings. The van der Waals surface area contributed by atoms with Gasteiger partial charge in [-0.3, -0.25) is 4.98 Å². The van der Waals surface area contributed by atoms with E-state index in [-0.39, 0.29) is 0 Å². The maximum atomic E-state index is 5.93. The Kier molecular flexibility index (Phi) is 4.32. The summed E-state index contributed by atoms with van der Waals surface area (Å²) in [5, 5.41) is 4.35. The molecule has 0 spiro atoms. The lowest BCUT2D eigenvalue weighted by molar-refractivity contribution is 1.23. The summed E-state index contributed by atoms with van der Waals surface area (Å²) in [5.74, 6) is 4.34. The van der Waals surface area contributed by atoms with E-state index < -0.39 is 0 Å². The van der Waals surface area contributed by atoms with Gasteiger partial charge in [0.2, 0.25) is 0 Å². The number of aromatic nitrogens is 1. The number of nitrogens with one attached hydrogen (secondary N) is 1. The van der Waals surface area contributed by atoms with Crippen molar-refractivity contribution in [3.05, 3.63) is 30.5 Å². The van der Waals surface area contributed by atoms with Crippen LogP contribution in [0.4, 0.5) is 11.4 Å². The molecular formula is C14H15N3S. The fourth-order valence-corrected chi connectivity index (χ4v) is 2.23. The highest BCUT2D eigenvalue weighted by Crippen LogP contribution is 2.26. The third-order valence-corrected chi connectivity index (χ3v) is 3.41. The standard InChI is InChI=1S/C14H15N3S/c1-2-9-18-10-8-16-13-6-5-12(15)11-4-3-7-17-14(11)13/h1,3-7,16H,8-10,15H2. The highest BCUT2D eigenvalue weighted by atomic mass is 32.2. The first-order valence-corrected chi connectivity index (χ1v) is 6.86. The molecule has 3 nitrogen and oxygen atoms in total. The van der Waals surface area contributed by atoms with Gasteiger partial charge in [-0.25, -0.2) is 0 Å². The zero-order valence-electron chi connectivity index (χ0n) is 10.0. The van der Waals surface area contributed by atoms with E-state index >= 15 is 0 Å². The van der Waals surface area contributed by atoms with Gasteiger partial charge in [-0.1, -0.05) is 5.92 Å². The lowest BCUT2D eigenvalue weighted by atomic mass is 10.1. The first kappa shape index (κ1) is 12.6. The third kappa shape index (κ3) is 2.88. The lowest BCUT2D eigenvalue weighted by Gasteiger charge is -2.10. The van der Waals surface area contributed by atoms with Crippen LogP contribution in [0.25, 0.3) is 10.9 Å². The van der Waals surface area contributed by atoms with E-state index in [1.807, 2.05) is 24.3 Å². The van der Waals surface area contributed by atoms with Crippen molar-refractivity contribution >= 4 is 34.0 Å². The van der Waals surface area contributed by atoms with E-state index in [9.17, 15) is 0 Å². The van der Waals surface area contributed by atoms with Gasteiger partial charge in [0.05, 0.1) is 17.0 Å². The number of thioether (sulfide) groups is 1. The van der Waals surface area contributed by atoms with Crippen LogP contribution in [-0.4, -0.2) is 23.0 Å². The topological polar surface area (TPSA) is 50.9 Å². The summed E-state index contributed by atoms with van der Waals surface area (Å²) in [6, 6.07) is 7.75. The largest absolute Gasteiger partial charge is 0.398 e. The number of pyridine rings is 1. The zero-order valence-corrected chi connectivity index (χ0v) is 10.8. The smallest absolute Gasteiger partial charge is 0.0953 e. The molecule has 1 heterocycles. The van der Waals surface area contributed by atoms with E-state index in [1.165, 1.54) is 0 Å². The molecule has 92 valence electrons. The van der Waals surface area contributed by atoms with Crippen LogP contribution >= 0.6 is 11.8 Å². The van der Waals surface area contributed by atoms with Gasteiger partial charge in [-0.15, -0.1) is 18.2 Å². The second kappa shape index (κ2) is 6.18. The average Bonchev–Trinajstić information content (AvgIpc) is 2.41. The number of fused-ring (bicyclic) bond motifs is 1. The second-order valence-electron chi connectivity index (χ2n) is 3.79. The highest BCUT2D eigenvalue weighted by Gasteiger charge is 2.03. The summed E-state index contributed by atoms with van der Waals surface area (Å²) in [6.45, 7) is 0.863. The maximum absolute atomic E-state index is 5.93. The van der Waals surface area contributed by atoms with Crippen LogP contribution in [-0.2, 0) is 0 Å². The van der Waals surface area contributed by atoms with Gasteiger partial charge in [-0.2, -0.15) is 0 Å². The monoisotopic (exact) mass is 257 g/mol. The Morgan fingerprint density at radius 3 is 3.11 bits per heavy atom. The molecule has 0 aliphatic carbocycles. The van der Waals surface area contributed by atoms with Crippen molar-refractivity contribution in [1.82, 2.24) is 4.98 Å². The Morgan fingerprint density at radius 1 is 1.39 bits per heavy atom. The minimum absolute atomic E-state index is 0.752. The second-order valence-corrected chi connectivity index (χ2v) is 4.89. The highest BCUT2D eigenvalue weighted by molar-refractivity contribution is 7.99. The number of benzene rings is 1. The van der Waals surface area contributed by atoms with Crippen molar-refractivity contribution < 1.29 is 0 Å². The van der Waals surface area contributed by atoms with Crippen LogP contribution in [0.15, 0.2) is 30.5 Å². The van der Waals surface area contributed by atoms with E-state index in [1.54, 1.807) is 18.0 Å². The summed E-state index contributed by atoms with van der Waals surface area (Å²) >= 11 is 1.74. The van der Waals surface area contributed by atoms with Crippen molar-refractivity contribution in [3.63, 3.8) is 0 Å². The molecule has 0 bridgehead atoms. The quantitative estimate of drug-likeness (QED) is 0.491. The van der Waals surface area contributed by atoms with Crippen molar-refractivity contribution in [2.24, 2.45) is 0 Å². The SMILES string of the molecule is C#CCSCCNc1ccc(N)c2cccnc12. The third-order valence-electron chi connectivity index (χ3n) is 2.55. The molecule has 0 aliphatic heterocycles. The Hall–Kier alpha value is -1.86. The summed E-state index contributed by atoms with van der Waals surface area (Å²) < 4.78 is 0. The number of hydrogen-bond acceptors (Lipinski definition) is 4. The molecular weight excluding hydrogens is 242 g/mol. The molecule has 18 heavy (non-hydrogen) atoms. The van der Waals surface area contributed by atoms with Crippen molar-refractivity contribution in [2.75, 3.05) is 29.1 Å². The van der Waals surface area contributed by atoms with E-state index in [2.05, 4.69) is 16.2 Å². The van der Waals surface area contributed by atoms with Crippen LogP contribution in [0.3, 0.4) is 0 Å². The Bertz CT molecular complexity index is 575. The first-order chi connectivity index (χ1) is 8.83.